The van der Waals surface area contributed by atoms with E-state index in [0.29, 0.717) is 18.4 Å². The van der Waals surface area contributed by atoms with Crippen LogP contribution in [0.15, 0.2) is 29.6 Å². The summed E-state index contributed by atoms with van der Waals surface area (Å²) in [7, 11) is 0. The number of piperidine rings is 1. The zero-order valence-electron chi connectivity index (χ0n) is 18.1. The predicted molar refractivity (Wildman–Crippen MR) is 121 cm³/mol. The van der Waals surface area contributed by atoms with Crippen molar-refractivity contribution in [3.05, 3.63) is 63.0 Å². The summed E-state index contributed by atoms with van der Waals surface area (Å²) in [4.78, 5) is 15.5. The SMILES string of the molecule is Cc1ccsc1CN1CCc2nc(N3CCCCC3)nc(Oc3ccc(F)cc3F)c2C1. The number of hydrogen-bond acceptors (Lipinski definition) is 6. The fourth-order valence-corrected chi connectivity index (χ4v) is 5.26. The highest BCUT2D eigenvalue weighted by molar-refractivity contribution is 7.10. The Hall–Kier alpha value is -2.58. The first-order valence-electron chi connectivity index (χ1n) is 11.1. The summed E-state index contributed by atoms with van der Waals surface area (Å²) in [5, 5.41) is 2.11. The largest absolute Gasteiger partial charge is 0.435 e. The minimum Gasteiger partial charge on any atom is -0.435 e. The zero-order valence-corrected chi connectivity index (χ0v) is 18.9. The maximum atomic E-state index is 14.4. The first-order chi connectivity index (χ1) is 15.6. The van der Waals surface area contributed by atoms with Gasteiger partial charge in [0, 0.05) is 50.1 Å². The highest BCUT2D eigenvalue weighted by atomic mass is 32.1. The van der Waals surface area contributed by atoms with E-state index in [4.69, 9.17) is 14.7 Å². The van der Waals surface area contributed by atoms with Gasteiger partial charge in [0.05, 0.1) is 11.3 Å². The van der Waals surface area contributed by atoms with Crippen LogP contribution in [-0.4, -0.2) is 34.5 Å². The molecular weight excluding hydrogens is 430 g/mol. The van der Waals surface area contributed by atoms with Crippen molar-refractivity contribution in [3.63, 3.8) is 0 Å². The molecule has 5 nitrogen and oxygen atoms in total. The number of anilines is 1. The molecule has 2 aromatic heterocycles. The zero-order chi connectivity index (χ0) is 22.1. The molecule has 0 radical (unpaired) electrons. The number of rotatable bonds is 5. The van der Waals surface area contributed by atoms with Gasteiger partial charge in [-0.05, 0) is 55.3 Å². The van der Waals surface area contributed by atoms with Gasteiger partial charge in [-0.3, -0.25) is 4.90 Å². The Balaban J connectivity index is 1.48. The van der Waals surface area contributed by atoms with E-state index in [1.807, 2.05) is 0 Å². The molecule has 0 atom stereocenters. The number of nitrogens with zero attached hydrogens (tertiary/aromatic N) is 4. The maximum Gasteiger partial charge on any atom is 0.229 e. The molecule has 2 aliphatic rings. The van der Waals surface area contributed by atoms with E-state index in [2.05, 4.69) is 28.2 Å². The molecule has 1 fully saturated rings. The van der Waals surface area contributed by atoms with Crippen LogP contribution in [0.1, 0.15) is 41.0 Å². The lowest BCUT2D eigenvalue weighted by Crippen LogP contribution is -2.34. The third-order valence-electron chi connectivity index (χ3n) is 6.16. The normalized spacial score (nSPS) is 16.8. The van der Waals surface area contributed by atoms with Gasteiger partial charge in [-0.25, -0.2) is 13.8 Å². The molecule has 168 valence electrons. The van der Waals surface area contributed by atoms with Gasteiger partial charge in [0.15, 0.2) is 11.6 Å². The molecule has 0 saturated carbocycles. The van der Waals surface area contributed by atoms with Crippen molar-refractivity contribution in [2.75, 3.05) is 24.5 Å². The van der Waals surface area contributed by atoms with Crippen molar-refractivity contribution in [1.82, 2.24) is 14.9 Å². The van der Waals surface area contributed by atoms with Crippen molar-refractivity contribution in [2.45, 2.75) is 45.7 Å². The van der Waals surface area contributed by atoms with Crippen LogP contribution < -0.4 is 9.64 Å². The van der Waals surface area contributed by atoms with E-state index in [9.17, 15) is 8.78 Å². The topological polar surface area (TPSA) is 41.5 Å². The van der Waals surface area contributed by atoms with Gasteiger partial charge in [0.25, 0.3) is 0 Å². The van der Waals surface area contributed by atoms with Gasteiger partial charge >= 0.3 is 0 Å². The smallest absolute Gasteiger partial charge is 0.229 e. The molecule has 1 saturated heterocycles. The molecule has 0 aliphatic carbocycles. The van der Waals surface area contributed by atoms with Crippen molar-refractivity contribution >= 4 is 17.3 Å². The average Bonchev–Trinajstić information content (AvgIpc) is 3.20. The Bertz CT molecular complexity index is 1110. The summed E-state index contributed by atoms with van der Waals surface area (Å²) in [6, 6.07) is 5.48. The molecular formula is C24H26F2N4OS. The Morgan fingerprint density at radius 1 is 1.06 bits per heavy atom. The lowest BCUT2D eigenvalue weighted by Gasteiger charge is -2.31. The summed E-state index contributed by atoms with van der Waals surface area (Å²) in [6.07, 6.45) is 4.21. The molecule has 0 amide bonds. The summed E-state index contributed by atoms with van der Waals surface area (Å²) in [5.41, 5.74) is 3.13. The summed E-state index contributed by atoms with van der Waals surface area (Å²) in [6.45, 7) is 6.32. The minimum atomic E-state index is -0.737. The van der Waals surface area contributed by atoms with E-state index in [1.54, 1.807) is 11.3 Å². The molecule has 0 unspecified atom stereocenters. The van der Waals surface area contributed by atoms with Crippen LogP contribution in [0.25, 0.3) is 0 Å². The van der Waals surface area contributed by atoms with E-state index in [1.165, 1.54) is 29.0 Å². The van der Waals surface area contributed by atoms with Gasteiger partial charge in [0.1, 0.15) is 5.82 Å². The van der Waals surface area contributed by atoms with Crippen molar-refractivity contribution in [1.29, 1.82) is 0 Å². The van der Waals surface area contributed by atoms with Crippen LogP contribution in [0.4, 0.5) is 14.7 Å². The van der Waals surface area contributed by atoms with Gasteiger partial charge in [-0.15, -0.1) is 11.3 Å². The fourth-order valence-electron chi connectivity index (χ4n) is 4.31. The predicted octanol–water partition coefficient (Wildman–Crippen LogP) is 5.47. The van der Waals surface area contributed by atoms with Gasteiger partial charge < -0.3 is 9.64 Å². The monoisotopic (exact) mass is 456 g/mol. The van der Waals surface area contributed by atoms with Gasteiger partial charge in [-0.2, -0.15) is 4.98 Å². The number of hydrogen-bond donors (Lipinski definition) is 0. The number of ether oxygens (including phenoxy) is 1. The van der Waals surface area contributed by atoms with Crippen LogP contribution in [-0.2, 0) is 19.5 Å². The summed E-state index contributed by atoms with van der Waals surface area (Å²) in [5.74, 6) is -0.384. The third-order valence-corrected chi connectivity index (χ3v) is 7.17. The summed E-state index contributed by atoms with van der Waals surface area (Å²) >= 11 is 1.76. The van der Waals surface area contributed by atoms with Crippen molar-refractivity contribution in [3.8, 4) is 11.6 Å². The Morgan fingerprint density at radius 3 is 2.66 bits per heavy atom. The number of thiophene rings is 1. The quantitative estimate of drug-likeness (QED) is 0.510. The number of benzene rings is 1. The molecule has 0 bridgehead atoms. The summed E-state index contributed by atoms with van der Waals surface area (Å²) < 4.78 is 33.7. The Kier molecular flexibility index (Phi) is 6.06. The molecule has 3 aromatic rings. The van der Waals surface area contributed by atoms with E-state index in [-0.39, 0.29) is 5.75 Å². The second kappa shape index (κ2) is 9.11. The Morgan fingerprint density at radius 2 is 1.91 bits per heavy atom. The van der Waals surface area contributed by atoms with E-state index < -0.39 is 11.6 Å². The second-order valence-electron chi connectivity index (χ2n) is 8.47. The second-order valence-corrected chi connectivity index (χ2v) is 9.47. The maximum absolute atomic E-state index is 14.4. The molecule has 0 spiro atoms. The molecule has 1 aromatic carbocycles. The average molecular weight is 457 g/mol. The van der Waals surface area contributed by atoms with Gasteiger partial charge in [-0.1, -0.05) is 0 Å². The molecule has 4 heterocycles. The molecule has 0 N–H and O–H groups in total. The molecule has 8 heteroatoms. The fraction of sp³-hybridized carbons (Fsp3) is 0.417. The standard InChI is InChI=1S/C24H26F2N4OS/c1-16-8-12-32-22(16)15-29-11-7-20-18(14-29)23(31-21-6-5-17(25)13-19(21)26)28-24(27-20)30-9-3-2-4-10-30/h5-6,8,12-13H,2-4,7,9-11,14-15H2,1H3. The molecule has 5 rings (SSSR count). The minimum absolute atomic E-state index is 0.0249. The number of fused-ring (bicyclic) bond motifs is 1. The van der Waals surface area contributed by atoms with Crippen LogP contribution in [0, 0.1) is 18.6 Å². The van der Waals surface area contributed by atoms with Crippen LogP contribution in [0.3, 0.4) is 0 Å². The number of halogens is 2. The highest BCUT2D eigenvalue weighted by Crippen LogP contribution is 2.34. The van der Waals surface area contributed by atoms with Crippen LogP contribution in [0.5, 0.6) is 11.6 Å². The molecule has 2 aliphatic heterocycles. The number of aromatic nitrogens is 2. The lowest BCUT2D eigenvalue weighted by molar-refractivity contribution is 0.239. The van der Waals surface area contributed by atoms with Crippen LogP contribution in [0.2, 0.25) is 0 Å². The third kappa shape index (κ3) is 4.47. The van der Waals surface area contributed by atoms with E-state index >= 15 is 0 Å². The van der Waals surface area contributed by atoms with Crippen LogP contribution >= 0.6 is 11.3 Å². The van der Waals surface area contributed by atoms with Crippen molar-refractivity contribution in [2.24, 2.45) is 0 Å². The number of aryl methyl sites for hydroxylation is 1. The van der Waals surface area contributed by atoms with Gasteiger partial charge in [0.2, 0.25) is 11.8 Å². The first-order valence-corrected chi connectivity index (χ1v) is 12.0. The van der Waals surface area contributed by atoms with Crippen molar-refractivity contribution < 1.29 is 13.5 Å². The Labute approximate surface area is 190 Å². The molecule has 32 heavy (non-hydrogen) atoms. The first kappa shape index (κ1) is 21.3. The van der Waals surface area contributed by atoms with E-state index in [0.717, 1.165) is 62.8 Å². The highest BCUT2D eigenvalue weighted by Gasteiger charge is 2.27. The lowest BCUT2D eigenvalue weighted by atomic mass is 10.1.